The summed E-state index contributed by atoms with van der Waals surface area (Å²) in [4.78, 5) is 14.3. The zero-order chi connectivity index (χ0) is 144. The van der Waals surface area contributed by atoms with Crippen molar-refractivity contribution in [2.45, 2.75) is 251 Å². The van der Waals surface area contributed by atoms with Gasteiger partial charge in [-0.25, -0.2) is 33.2 Å². The molecule has 9 aromatic carbocycles. The fourth-order valence-corrected chi connectivity index (χ4v) is 23.0. The maximum absolute atomic E-state index is 9.66. The van der Waals surface area contributed by atoms with E-state index >= 15 is 0 Å². The second kappa shape index (κ2) is 36.1. The largest absolute Gasteiger partial charge is 0.454 e. The molecule has 0 saturated carbocycles. The highest BCUT2D eigenvalue weighted by Gasteiger charge is 2.51. The molecule has 5 atom stereocenters. The van der Waals surface area contributed by atoms with Gasteiger partial charge in [-0.1, -0.05) is 296 Å². The zero-order valence-corrected chi connectivity index (χ0v) is 85.1. The number of furan rings is 4. The van der Waals surface area contributed by atoms with Gasteiger partial charge >= 0.3 is 0 Å². The summed E-state index contributed by atoms with van der Waals surface area (Å²) >= 11 is 0. The number of rotatable bonds is 14. The highest BCUT2D eigenvalue weighted by atomic mass is 16.4. The Hall–Kier alpha value is -13.8. The topological polar surface area (TPSA) is 107 Å². The first-order valence-electron chi connectivity index (χ1n) is 72.5. The first kappa shape index (κ1) is 56.8. The summed E-state index contributed by atoms with van der Waals surface area (Å²) in [6, 6.07) is 55.0. The third-order valence-corrected chi connectivity index (χ3v) is 29.9. The third-order valence-electron chi connectivity index (χ3n) is 29.9. The van der Waals surface area contributed by atoms with Crippen molar-refractivity contribution in [3.63, 3.8) is 0 Å². The molecule has 5 unspecified atom stereocenters. The van der Waals surface area contributed by atoms with E-state index in [4.69, 9.17) is 90.2 Å². The quantitative estimate of drug-likeness (QED) is 0.0998. The maximum Gasteiger partial charge on any atom is 0.227 e. The fourth-order valence-electron chi connectivity index (χ4n) is 23.0. The van der Waals surface area contributed by atoms with E-state index in [-0.39, 0.29) is 117 Å². The Morgan fingerprint density at radius 3 is 1.21 bits per heavy atom. The molecule has 0 radical (unpaired) electrons. The van der Waals surface area contributed by atoms with E-state index < -0.39 is 164 Å². The van der Waals surface area contributed by atoms with Gasteiger partial charge in [0.25, 0.3) is 0 Å². The van der Waals surface area contributed by atoms with E-state index in [0.717, 1.165) is 59.5 Å². The average molecular weight is 1980 g/mol. The molecule has 0 N–H and O–H groups in total. The summed E-state index contributed by atoms with van der Waals surface area (Å²) in [5.41, 5.74) is 8.02. The molecule has 0 saturated heterocycles. The minimum absolute atomic E-state index is 0.00623. The van der Waals surface area contributed by atoms with Gasteiger partial charge in [-0.3, -0.25) is 0 Å². The van der Waals surface area contributed by atoms with Crippen molar-refractivity contribution < 1.29 is 102 Å². The van der Waals surface area contributed by atoms with Gasteiger partial charge in [-0.2, -0.15) is 0 Å². The molecule has 4 aliphatic carbocycles. The average Bonchev–Trinajstić information content (AvgIpc) is 1.47. The van der Waals surface area contributed by atoms with Crippen LogP contribution in [0.3, 0.4) is 0 Å². The fraction of sp³-hybridized carbons (Fsp3) is 0.341. The summed E-state index contributed by atoms with van der Waals surface area (Å²) in [5.74, 6) is -18.7. The lowest BCUT2D eigenvalue weighted by Crippen LogP contribution is -2.38. The SMILES string of the molecule is [2H]C([2H])([2H])c1c[n+](C)c(-c2c(C)ccc3c2oc2nc4c(cc23)-c2ccccc2C4(C([2H])(C)C([2H])([2H])[2H])C([2H])(C([2H])([2H])[2H])C([2H])([2H])[2H])cc1C([2H])(C)C.[2H]C([2H])([2H])c1c[n+](C)c(-c2c(C)ccc3c2oc2nc4c(cc23)-c2ccccc2C4(C([2H])([2H])C([2H])(C)C([2H])([2H])[2H])C([2H])([2H])C([2H])(C)C([2H])([2H])[2H])cc1C([2H])(C)C.[2H]C([2H])([2H])c1c[n+](C)c(-c2c(C)ccc3c2oc2ncc4c(c23)C(C)(C)c2ccccc2-4)cc1C([2H])(C)C.[2H]C([2H])([2H])c1cc(-c2c(C)ccc3c2oc2c4c(ccc23)C(C([2H])([2H])[2H])(C([2H])([2H])[2H])c2ccccc2-4)[n+](C)cc1C([2H])(C)C([2H])([2H])[2H]. The second-order valence-corrected chi connectivity index (χ2v) is 40.6. The molecule has 24 rings (SSSR count). The van der Waals surface area contributed by atoms with Crippen LogP contribution in [0.1, 0.15) is 352 Å². The predicted molar refractivity (Wildman–Crippen MR) is 605 cm³/mol. The lowest BCUT2D eigenvalue weighted by atomic mass is 9.64. The Morgan fingerprint density at radius 1 is 0.329 bits per heavy atom. The van der Waals surface area contributed by atoms with Crippen LogP contribution in [-0.4, -0.2) is 15.0 Å². The number of hydrogen-bond acceptors (Lipinski definition) is 7. The number of nitrogens with zero attached hydrogens (tertiary/aromatic N) is 7. The minimum atomic E-state index is -3.66. The Bertz CT molecular complexity index is 11000. The van der Waals surface area contributed by atoms with E-state index in [0.29, 0.717) is 116 Å². The smallest absolute Gasteiger partial charge is 0.227 e. The van der Waals surface area contributed by atoms with Crippen molar-refractivity contribution in [3.8, 4) is 89.5 Å². The number of hydrogen-bond donors (Lipinski definition) is 0. The van der Waals surface area contributed by atoms with Crippen molar-refractivity contribution in [1.29, 1.82) is 0 Å². The number of aryl methyl sites for hydroxylation is 12. The molecule has 11 heterocycles. The van der Waals surface area contributed by atoms with Gasteiger partial charge in [0.2, 0.25) is 39.9 Å². The molecule has 11 heteroatoms. The van der Waals surface area contributed by atoms with Crippen molar-refractivity contribution >= 4 is 88.1 Å². The van der Waals surface area contributed by atoms with Crippen LogP contribution >= 0.6 is 0 Å². The van der Waals surface area contributed by atoms with Gasteiger partial charge in [-0.05, 0) is 227 Å². The molecule has 0 spiro atoms. The molecule has 4 aliphatic rings. The highest BCUT2D eigenvalue weighted by Crippen LogP contribution is 2.61. The van der Waals surface area contributed by atoms with Gasteiger partial charge in [0, 0.05) is 200 Å². The number of fused-ring (bicyclic) bond motifs is 26. The predicted octanol–water partition coefficient (Wildman–Crippen LogP) is 34.0. The normalized spacial score (nSPS) is 23.5. The molecule has 0 fully saturated rings. The van der Waals surface area contributed by atoms with Crippen LogP contribution in [0.4, 0.5) is 0 Å². The first-order chi connectivity index (χ1) is 88.3. The lowest BCUT2D eigenvalue weighted by Gasteiger charge is -2.39. The summed E-state index contributed by atoms with van der Waals surface area (Å²) in [6.07, 6.45) is 0.908. The molecule has 740 valence electrons. The van der Waals surface area contributed by atoms with Crippen LogP contribution < -0.4 is 18.3 Å². The van der Waals surface area contributed by atoms with Crippen molar-refractivity contribution in [2.24, 2.45) is 51.8 Å². The summed E-state index contributed by atoms with van der Waals surface area (Å²) in [5, 5.41) is 5.09. The van der Waals surface area contributed by atoms with Gasteiger partial charge in [-0.15, -0.1) is 0 Å². The summed E-state index contributed by atoms with van der Waals surface area (Å²) in [7, 11) is 6.82. The monoisotopic (exact) mass is 1980 g/mol. The third kappa shape index (κ3) is 15.2. The van der Waals surface area contributed by atoms with Crippen LogP contribution in [0.25, 0.3) is 178 Å². The molecule has 0 bridgehead atoms. The van der Waals surface area contributed by atoms with E-state index in [9.17, 15) is 8.22 Å². The molecule has 20 aromatic rings. The van der Waals surface area contributed by atoms with Crippen LogP contribution in [0.5, 0.6) is 0 Å². The van der Waals surface area contributed by atoms with Gasteiger partial charge in [0.1, 0.15) is 39.4 Å². The van der Waals surface area contributed by atoms with E-state index in [1.165, 1.54) is 78.6 Å². The van der Waals surface area contributed by atoms with Gasteiger partial charge < -0.3 is 17.7 Å². The molecule has 0 aliphatic heterocycles. The molecular formula is C135H145N7O4+4. The second-order valence-electron chi connectivity index (χ2n) is 40.6. The zero-order valence-electron chi connectivity index (χ0n) is 133. The molecule has 146 heavy (non-hydrogen) atoms. The van der Waals surface area contributed by atoms with Gasteiger partial charge in [0.15, 0.2) is 41.5 Å². The number of benzene rings is 9. The highest BCUT2D eigenvalue weighted by molar-refractivity contribution is 6.17. The molecule has 0 amide bonds. The lowest BCUT2D eigenvalue weighted by molar-refractivity contribution is -0.661. The van der Waals surface area contributed by atoms with Crippen LogP contribution in [-0.2, 0) is 49.9 Å². The van der Waals surface area contributed by atoms with Crippen molar-refractivity contribution in [1.82, 2.24) is 15.0 Å². The van der Waals surface area contributed by atoms with E-state index in [1.807, 2.05) is 75.8 Å². The standard InChI is InChI=1S/C37H43N2O.C35H39N2O.C32H32NO.C31H31N2O/c1-21(2)18-37(19-22(3)4)31-13-11-10-12-26(31)29-16-30-27-15-14-24(7)33(34(27)40-36(30)38-35(29)37)32-17-28(23(5)6)25(8)20-39(32)9;1-19(2)26-17-30(37(9)18-23(26)8)31-22(7)14-15-25-28-16-27-24-12-10-11-13-29(24)35(20(3)4,21(5)6)33(27)36-34(28)38-32(25)31;1-18(2)24-17-33(7)27(16-20(24)4)28-19(3)12-13-21-22-14-15-26-29(31(22)34-30(21)28)23-10-8-9-11-25(23)32(26,5)6;1-17(2)22-14-25(33(7)16-19(22)4)26-18(3)12-13-21-27-28-23(15-32-30(27)34-29(21)26)20-10-8-9-11-24(20)31(28,5)6/h10-17,20-23H,18-19H2,1-9H3;10-21H,1-9H3;8-18H,1-7H3;8-17H,1-7H3/q4*+1/i1D3,3D3,8D3,18D2,19D2,21D,22D,23D;3D3,4D3,5D3,8D3,19D,20D,21D;1D3,4D3,5D3,6D3,18D;4D3,17D. The first-order valence-corrected chi connectivity index (χ1v) is 48.5. The van der Waals surface area contributed by atoms with Crippen molar-refractivity contribution in [3.05, 3.63) is 337 Å². The Labute approximate surface area is 930 Å². The van der Waals surface area contributed by atoms with Gasteiger partial charge in [0.05, 0.1) is 39.0 Å². The van der Waals surface area contributed by atoms with Crippen LogP contribution in [0.15, 0.2) is 243 Å². The summed E-state index contributed by atoms with van der Waals surface area (Å²) in [6.45, 7) is -10.6. The maximum atomic E-state index is 9.66. The minimum Gasteiger partial charge on any atom is -0.454 e. The van der Waals surface area contributed by atoms with E-state index in [1.54, 1.807) is 174 Å². The van der Waals surface area contributed by atoms with Crippen LogP contribution in [0.2, 0.25) is 0 Å². The van der Waals surface area contributed by atoms with Crippen LogP contribution in [0, 0.1) is 78.7 Å². The Kier molecular flexibility index (Phi) is 14.1. The molecular weight excluding hydrogens is 1780 g/mol. The van der Waals surface area contributed by atoms with Crippen molar-refractivity contribution in [2.75, 3.05) is 0 Å². The number of pyridine rings is 7. The summed E-state index contributed by atoms with van der Waals surface area (Å²) < 4.78 is 443. The molecule has 11 nitrogen and oxygen atoms in total. The number of aromatic nitrogens is 7. The van der Waals surface area contributed by atoms with E-state index in [2.05, 4.69) is 50.2 Å². The Balaban J connectivity index is 0.000000144. The molecule has 11 aromatic heterocycles. The Morgan fingerprint density at radius 2 is 0.726 bits per heavy atom.